The van der Waals surface area contributed by atoms with Gasteiger partial charge in [-0.15, -0.1) is 0 Å². The van der Waals surface area contributed by atoms with E-state index in [9.17, 15) is 8.42 Å². The monoisotopic (exact) mass is 244 g/mol. The van der Waals surface area contributed by atoms with Gasteiger partial charge in [0.15, 0.2) is 5.03 Å². The quantitative estimate of drug-likeness (QED) is 0.760. The lowest BCUT2D eigenvalue weighted by Gasteiger charge is -2.30. The SMILES string of the molecule is Cn1nc(S(N)(=O)=O)cc1CCN1CCC1. The number of likely N-dealkylation sites (tertiary alicyclic amines) is 1. The van der Waals surface area contributed by atoms with E-state index in [1.165, 1.54) is 6.42 Å². The molecule has 1 saturated heterocycles. The summed E-state index contributed by atoms with van der Waals surface area (Å²) in [6.07, 6.45) is 2.06. The largest absolute Gasteiger partial charge is 0.303 e. The minimum atomic E-state index is -3.68. The second-order valence-corrected chi connectivity index (χ2v) is 5.60. The van der Waals surface area contributed by atoms with E-state index in [-0.39, 0.29) is 5.03 Å². The fourth-order valence-electron chi connectivity index (χ4n) is 1.73. The second-order valence-electron chi connectivity index (χ2n) is 4.09. The molecule has 0 bridgehead atoms. The van der Waals surface area contributed by atoms with Gasteiger partial charge in [-0.1, -0.05) is 0 Å². The molecule has 2 rings (SSSR count). The Morgan fingerprint density at radius 2 is 2.19 bits per heavy atom. The third-order valence-corrected chi connectivity index (χ3v) is 3.66. The topological polar surface area (TPSA) is 81.2 Å². The predicted molar refractivity (Wildman–Crippen MR) is 59.3 cm³/mol. The molecule has 0 saturated carbocycles. The molecule has 2 heterocycles. The van der Waals surface area contributed by atoms with Gasteiger partial charge >= 0.3 is 0 Å². The van der Waals surface area contributed by atoms with Crippen LogP contribution in [0.25, 0.3) is 0 Å². The molecule has 0 spiro atoms. The maximum Gasteiger partial charge on any atom is 0.257 e. The highest BCUT2D eigenvalue weighted by Crippen LogP contribution is 2.11. The molecule has 16 heavy (non-hydrogen) atoms. The molecule has 1 aliphatic heterocycles. The molecule has 0 unspecified atom stereocenters. The summed E-state index contributed by atoms with van der Waals surface area (Å²) in [6.45, 7) is 3.23. The Kier molecular flexibility index (Phi) is 3.00. The van der Waals surface area contributed by atoms with Crippen LogP contribution in [0.1, 0.15) is 12.1 Å². The van der Waals surface area contributed by atoms with Crippen LogP contribution in [0, 0.1) is 0 Å². The minimum absolute atomic E-state index is 0.0476. The third kappa shape index (κ3) is 2.42. The molecule has 0 radical (unpaired) electrons. The minimum Gasteiger partial charge on any atom is -0.303 e. The standard InChI is InChI=1S/C9H16N4O2S/c1-12-8(3-6-13-4-2-5-13)7-9(11-12)16(10,14)15/h7H,2-6H2,1H3,(H2,10,14,15). The van der Waals surface area contributed by atoms with Crippen molar-refractivity contribution in [3.05, 3.63) is 11.8 Å². The van der Waals surface area contributed by atoms with Crippen LogP contribution in [-0.2, 0) is 23.5 Å². The zero-order valence-electron chi connectivity index (χ0n) is 9.26. The van der Waals surface area contributed by atoms with Gasteiger partial charge in [-0.05, 0) is 25.6 Å². The number of sulfonamides is 1. The Bertz CT molecular complexity index is 476. The maximum atomic E-state index is 11.1. The molecule has 2 N–H and O–H groups in total. The summed E-state index contributed by atoms with van der Waals surface area (Å²) in [6, 6.07) is 1.55. The van der Waals surface area contributed by atoms with Crippen molar-refractivity contribution in [3.63, 3.8) is 0 Å². The van der Waals surface area contributed by atoms with E-state index in [1.54, 1.807) is 17.8 Å². The van der Waals surface area contributed by atoms with Gasteiger partial charge in [0, 0.05) is 25.7 Å². The second kappa shape index (κ2) is 4.15. The molecule has 0 amide bonds. The molecule has 1 aromatic heterocycles. The van der Waals surface area contributed by atoms with E-state index in [0.717, 1.165) is 31.7 Å². The fourth-order valence-corrected chi connectivity index (χ4v) is 2.26. The molecule has 7 heteroatoms. The number of aryl methyl sites for hydroxylation is 1. The normalized spacial score (nSPS) is 17.4. The predicted octanol–water partition coefficient (Wildman–Crippen LogP) is -0.684. The van der Waals surface area contributed by atoms with Gasteiger partial charge in [0.2, 0.25) is 0 Å². The molecule has 1 fully saturated rings. The van der Waals surface area contributed by atoms with Crippen LogP contribution in [0.3, 0.4) is 0 Å². The van der Waals surface area contributed by atoms with Crippen molar-refractivity contribution >= 4 is 10.0 Å². The molecule has 90 valence electrons. The van der Waals surface area contributed by atoms with Crippen molar-refractivity contribution in [3.8, 4) is 0 Å². The highest BCUT2D eigenvalue weighted by Gasteiger charge is 2.17. The smallest absolute Gasteiger partial charge is 0.257 e. The van der Waals surface area contributed by atoms with Crippen molar-refractivity contribution in [2.24, 2.45) is 12.2 Å². The number of hydrogen-bond acceptors (Lipinski definition) is 4. The van der Waals surface area contributed by atoms with Crippen LogP contribution < -0.4 is 5.14 Å². The van der Waals surface area contributed by atoms with E-state index >= 15 is 0 Å². The van der Waals surface area contributed by atoms with Gasteiger partial charge in [-0.3, -0.25) is 4.68 Å². The fraction of sp³-hybridized carbons (Fsp3) is 0.667. The lowest BCUT2D eigenvalue weighted by Crippen LogP contribution is -2.38. The van der Waals surface area contributed by atoms with Crippen LogP contribution in [0.4, 0.5) is 0 Å². The maximum absolute atomic E-state index is 11.1. The van der Waals surface area contributed by atoms with Crippen molar-refractivity contribution in [1.82, 2.24) is 14.7 Å². The summed E-state index contributed by atoms with van der Waals surface area (Å²) in [7, 11) is -1.94. The summed E-state index contributed by atoms with van der Waals surface area (Å²) in [5.41, 5.74) is 0.899. The lowest BCUT2D eigenvalue weighted by atomic mass is 10.2. The molecule has 6 nitrogen and oxygen atoms in total. The van der Waals surface area contributed by atoms with E-state index in [0.29, 0.717) is 0 Å². The molecule has 1 aliphatic rings. The van der Waals surface area contributed by atoms with E-state index in [1.807, 2.05) is 0 Å². The summed E-state index contributed by atoms with van der Waals surface area (Å²) in [5, 5.41) is 8.86. The zero-order valence-corrected chi connectivity index (χ0v) is 10.1. The van der Waals surface area contributed by atoms with E-state index in [4.69, 9.17) is 5.14 Å². The summed E-state index contributed by atoms with van der Waals surface area (Å²) < 4.78 is 23.8. The summed E-state index contributed by atoms with van der Waals surface area (Å²) in [4.78, 5) is 2.32. The van der Waals surface area contributed by atoms with Crippen LogP contribution in [-0.4, -0.2) is 42.7 Å². The molecule has 0 aromatic carbocycles. The van der Waals surface area contributed by atoms with Crippen molar-refractivity contribution in [2.45, 2.75) is 17.9 Å². The number of primary sulfonamides is 1. The van der Waals surface area contributed by atoms with Gasteiger partial charge < -0.3 is 4.90 Å². The van der Waals surface area contributed by atoms with E-state index in [2.05, 4.69) is 10.00 Å². The molecule has 0 atom stereocenters. The van der Waals surface area contributed by atoms with Crippen molar-refractivity contribution < 1.29 is 8.42 Å². The molecule has 0 aliphatic carbocycles. The van der Waals surface area contributed by atoms with Gasteiger partial charge in [0.05, 0.1) is 0 Å². The Hall–Kier alpha value is -0.920. The Morgan fingerprint density at radius 1 is 1.50 bits per heavy atom. The number of rotatable bonds is 4. The van der Waals surface area contributed by atoms with Crippen LogP contribution in [0.15, 0.2) is 11.1 Å². The van der Waals surface area contributed by atoms with Gasteiger partial charge in [0.25, 0.3) is 10.0 Å². The average molecular weight is 244 g/mol. The Balaban J connectivity index is 2.06. The third-order valence-electron chi connectivity index (χ3n) is 2.88. The number of nitrogens with two attached hydrogens (primary N) is 1. The molecule has 1 aromatic rings. The van der Waals surface area contributed by atoms with Crippen LogP contribution in [0.2, 0.25) is 0 Å². The average Bonchev–Trinajstić information content (AvgIpc) is 2.44. The molecular weight excluding hydrogens is 228 g/mol. The zero-order chi connectivity index (χ0) is 11.8. The van der Waals surface area contributed by atoms with Gasteiger partial charge in [-0.25, -0.2) is 13.6 Å². The Morgan fingerprint density at radius 3 is 2.62 bits per heavy atom. The highest BCUT2D eigenvalue weighted by atomic mass is 32.2. The highest BCUT2D eigenvalue weighted by molar-refractivity contribution is 7.89. The van der Waals surface area contributed by atoms with E-state index < -0.39 is 10.0 Å². The first-order chi connectivity index (χ1) is 7.47. The lowest BCUT2D eigenvalue weighted by molar-refractivity contribution is 0.183. The number of hydrogen-bond donors (Lipinski definition) is 1. The molecular formula is C9H16N4O2S. The van der Waals surface area contributed by atoms with Crippen molar-refractivity contribution in [1.29, 1.82) is 0 Å². The summed E-state index contributed by atoms with van der Waals surface area (Å²) in [5.74, 6) is 0. The summed E-state index contributed by atoms with van der Waals surface area (Å²) >= 11 is 0. The number of aromatic nitrogens is 2. The Labute approximate surface area is 95.1 Å². The number of nitrogens with zero attached hydrogens (tertiary/aromatic N) is 3. The first kappa shape index (κ1) is 11.6. The first-order valence-corrected chi connectivity index (χ1v) is 6.79. The van der Waals surface area contributed by atoms with Crippen LogP contribution >= 0.6 is 0 Å². The van der Waals surface area contributed by atoms with Gasteiger partial charge in [-0.2, -0.15) is 5.10 Å². The van der Waals surface area contributed by atoms with Gasteiger partial charge in [0.1, 0.15) is 0 Å². The first-order valence-electron chi connectivity index (χ1n) is 5.25. The van der Waals surface area contributed by atoms with Crippen LogP contribution in [0.5, 0.6) is 0 Å². The van der Waals surface area contributed by atoms with Crippen molar-refractivity contribution in [2.75, 3.05) is 19.6 Å².